The van der Waals surface area contributed by atoms with Crippen LogP contribution in [0.5, 0.6) is 0 Å². The van der Waals surface area contributed by atoms with Crippen LogP contribution >= 0.6 is 22.6 Å². The summed E-state index contributed by atoms with van der Waals surface area (Å²) < 4.78 is 1.03. The molecule has 1 heterocycles. The summed E-state index contributed by atoms with van der Waals surface area (Å²) in [5.41, 5.74) is 2.46. The number of rotatable bonds is 1. The molecule has 64 valence electrons. The molecule has 0 fully saturated rings. The molecule has 0 unspecified atom stereocenters. The molecule has 1 aromatic heterocycles. The van der Waals surface area contributed by atoms with Crippen molar-refractivity contribution in [2.45, 2.75) is 0 Å². The molecule has 0 radical (unpaired) electrons. The predicted molar refractivity (Wildman–Crippen MR) is 62.4 cm³/mol. The van der Waals surface area contributed by atoms with Crippen LogP contribution in [0, 0.1) is 3.70 Å². The van der Waals surface area contributed by atoms with Crippen molar-refractivity contribution in [1.29, 1.82) is 0 Å². The van der Waals surface area contributed by atoms with Crippen LogP contribution in [-0.2, 0) is 0 Å². The molecule has 0 aliphatic rings. The Morgan fingerprint density at radius 3 is 2.38 bits per heavy atom. The van der Waals surface area contributed by atoms with Crippen LogP contribution in [0.15, 0.2) is 48.7 Å². The number of nitrogens with zero attached hydrogens (tertiary/aromatic N) is 1. The highest BCUT2D eigenvalue weighted by Gasteiger charge is 1.96. The maximum Gasteiger partial charge on any atom is 0.101 e. The van der Waals surface area contributed by atoms with E-state index in [0.29, 0.717) is 0 Å². The first-order valence-corrected chi connectivity index (χ1v) is 5.11. The fourth-order valence-corrected chi connectivity index (χ4v) is 1.71. The highest BCUT2D eigenvalue weighted by molar-refractivity contribution is 14.1. The smallest absolute Gasteiger partial charge is 0.101 e. The summed E-state index contributed by atoms with van der Waals surface area (Å²) in [4.78, 5) is 4.15. The summed E-state index contributed by atoms with van der Waals surface area (Å²) in [6.45, 7) is 0. The van der Waals surface area contributed by atoms with Crippen molar-refractivity contribution in [2.75, 3.05) is 0 Å². The van der Waals surface area contributed by atoms with E-state index in [4.69, 9.17) is 0 Å². The molecule has 2 aromatic rings. The molecule has 0 bridgehead atoms. The summed E-state index contributed by atoms with van der Waals surface area (Å²) in [6.07, 6.45) is 1.84. The highest BCUT2D eigenvalue weighted by atomic mass is 127. The average Bonchev–Trinajstić information content (AvgIpc) is 2.19. The van der Waals surface area contributed by atoms with Crippen LogP contribution in [0.2, 0.25) is 0 Å². The van der Waals surface area contributed by atoms with E-state index in [2.05, 4.69) is 45.8 Å². The Morgan fingerprint density at radius 1 is 0.923 bits per heavy atom. The van der Waals surface area contributed by atoms with Gasteiger partial charge in [-0.3, -0.25) is 4.98 Å². The van der Waals surface area contributed by atoms with Crippen molar-refractivity contribution >= 4 is 22.6 Å². The molecule has 0 spiro atoms. The minimum absolute atomic E-state index is 1.03. The minimum atomic E-state index is 1.03. The Labute approximate surface area is 91.0 Å². The van der Waals surface area contributed by atoms with Gasteiger partial charge in [-0.05, 0) is 45.9 Å². The molecule has 0 atom stereocenters. The van der Waals surface area contributed by atoms with Crippen molar-refractivity contribution in [2.24, 2.45) is 0 Å². The molecule has 0 N–H and O–H groups in total. The van der Waals surface area contributed by atoms with E-state index in [1.807, 2.05) is 30.5 Å². The molecule has 0 aliphatic carbocycles. The number of pyridine rings is 1. The predicted octanol–water partition coefficient (Wildman–Crippen LogP) is 3.35. The van der Waals surface area contributed by atoms with E-state index >= 15 is 0 Å². The summed E-state index contributed by atoms with van der Waals surface area (Å²) in [5, 5.41) is 0. The third kappa shape index (κ3) is 2.06. The lowest BCUT2D eigenvalue weighted by Gasteiger charge is -2.00. The number of hydrogen-bond donors (Lipinski definition) is 0. The van der Waals surface area contributed by atoms with E-state index in [1.165, 1.54) is 11.1 Å². The summed E-state index contributed by atoms with van der Waals surface area (Å²) in [5.74, 6) is 0. The van der Waals surface area contributed by atoms with Gasteiger partial charge in [0.1, 0.15) is 3.70 Å². The molecule has 0 aliphatic heterocycles. The zero-order valence-corrected chi connectivity index (χ0v) is 9.10. The van der Waals surface area contributed by atoms with E-state index in [9.17, 15) is 0 Å². The van der Waals surface area contributed by atoms with Crippen LogP contribution in [0.1, 0.15) is 0 Å². The molecule has 0 saturated heterocycles. The number of benzene rings is 1. The maximum atomic E-state index is 4.15. The normalized spacial score (nSPS) is 9.92. The van der Waals surface area contributed by atoms with E-state index in [-0.39, 0.29) is 0 Å². The first-order valence-electron chi connectivity index (χ1n) is 4.03. The molecule has 2 heteroatoms. The van der Waals surface area contributed by atoms with Gasteiger partial charge in [0.25, 0.3) is 0 Å². The van der Waals surface area contributed by atoms with Crippen LogP contribution in [-0.4, -0.2) is 4.98 Å². The SMILES string of the molecule is Ic1cc(-c2ccccc2)ccn1. The summed E-state index contributed by atoms with van der Waals surface area (Å²) in [6, 6.07) is 14.4. The average molecular weight is 281 g/mol. The van der Waals surface area contributed by atoms with Crippen LogP contribution in [0.25, 0.3) is 11.1 Å². The molecule has 0 amide bonds. The molecule has 0 saturated carbocycles. The highest BCUT2D eigenvalue weighted by Crippen LogP contribution is 2.19. The van der Waals surface area contributed by atoms with Crippen molar-refractivity contribution < 1.29 is 0 Å². The zero-order valence-electron chi connectivity index (χ0n) is 6.94. The van der Waals surface area contributed by atoms with Crippen molar-refractivity contribution in [3.63, 3.8) is 0 Å². The van der Waals surface area contributed by atoms with Gasteiger partial charge in [0.2, 0.25) is 0 Å². The van der Waals surface area contributed by atoms with Crippen molar-refractivity contribution in [3.05, 3.63) is 52.4 Å². The number of hydrogen-bond acceptors (Lipinski definition) is 1. The first-order chi connectivity index (χ1) is 6.36. The Kier molecular flexibility index (Phi) is 2.59. The van der Waals surface area contributed by atoms with Crippen molar-refractivity contribution in [3.8, 4) is 11.1 Å². The van der Waals surface area contributed by atoms with Gasteiger partial charge in [0, 0.05) is 6.20 Å². The second-order valence-electron chi connectivity index (χ2n) is 2.73. The molecular formula is C11H8IN. The Bertz CT molecular complexity index is 398. The number of aromatic nitrogens is 1. The van der Waals surface area contributed by atoms with Gasteiger partial charge >= 0.3 is 0 Å². The molecular weight excluding hydrogens is 273 g/mol. The van der Waals surface area contributed by atoms with E-state index < -0.39 is 0 Å². The van der Waals surface area contributed by atoms with Crippen LogP contribution in [0.4, 0.5) is 0 Å². The topological polar surface area (TPSA) is 12.9 Å². The second kappa shape index (κ2) is 3.87. The van der Waals surface area contributed by atoms with E-state index in [1.54, 1.807) is 0 Å². The lowest BCUT2D eigenvalue weighted by Crippen LogP contribution is -1.81. The number of halogens is 1. The van der Waals surface area contributed by atoms with Crippen LogP contribution < -0.4 is 0 Å². The Balaban J connectivity index is 2.48. The van der Waals surface area contributed by atoms with Gasteiger partial charge in [-0.1, -0.05) is 30.3 Å². The largest absolute Gasteiger partial charge is 0.250 e. The maximum absolute atomic E-state index is 4.15. The standard InChI is InChI=1S/C11H8IN/c12-11-8-10(6-7-13-11)9-4-2-1-3-5-9/h1-8H. The third-order valence-corrected chi connectivity index (χ3v) is 2.42. The molecule has 1 aromatic carbocycles. The van der Waals surface area contributed by atoms with Crippen LogP contribution in [0.3, 0.4) is 0 Å². The first kappa shape index (κ1) is 8.69. The van der Waals surface area contributed by atoms with Crippen molar-refractivity contribution in [1.82, 2.24) is 4.98 Å². The Hall–Kier alpha value is -0.900. The fourth-order valence-electron chi connectivity index (χ4n) is 1.21. The zero-order chi connectivity index (χ0) is 9.10. The van der Waals surface area contributed by atoms with Gasteiger partial charge < -0.3 is 0 Å². The third-order valence-electron chi connectivity index (χ3n) is 1.83. The molecule has 1 nitrogen and oxygen atoms in total. The minimum Gasteiger partial charge on any atom is -0.250 e. The lowest BCUT2D eigenvalue weighted by molar-refractivity contribution is 1.27. The van der Waals surface area contributed by atoms with Gasteiger partial charge in [0.15, 0.2) is 0 Å². The molecule has 2 rings (SSSR count). The monoisotopic (exact) mass is 281 g/mol. The summed E-state index contributed by atoms with van der Waals surface area (Å²) in [7, 11) is 0. The van der Waals surface area contributed by atoms with E-state index in [0.717, 1.165) is 3.70 Å². The molecule has 13 heavy (non-hydrogen) atoms. The lowest BCUT2D eigenvalue weighted by atomic mass is 10.1. The van der Waals surface area contributed by atoms with Gasteiger partial charge in [-0.15, -0.1) is 0 Å². The second-order valence-corrected chi connectivity index (χ2v) is 3.84. The fraction of sp³-hybridized carbons (Fsp3) is 0. The van der Waals surface area contributed by atoms with Gasteiger partial charge in [-0.25, -0.2) is 0 Å². The van der Waals surface area contributed by atoms with Gasteiger partial charge in [0.05, 0.1) is 0 Å². The Morgan fingerprint density at radius 2 is 1.69 bits per heavy atom. The quantitative estimate of drug-likeness (QED) is 0.577. The summed E-state index contributed by atoms with van der Waals surface area (Å²) >= 11 is 2.22. The van der Waals surface area contributed by atoms with Gasteiger partial charge in [-0.2, -0.15) is 0 Å².